The van der Waals surface area contributed by atoms with Gasteiger partial charge >= 0.3 is 6.03 Å². The summed E-state index contributed by atoms with van der Waals surface area (Å²) in [7, 11) is 0. The summed E-state index contributed by atoms with van der Waals surface area (Å²) in [6.07, 6.45) is 3.19. The molecule has 2 aromatic rings. The molecule has 1 aromatic heterocycles. The maximum absolute atomic E-state index is 11.9. The van der Waals surface area contributed by atoms with Gasteiger partial charge in [0, 0.05) is 23.5 Å². The zero-order valence-corrected chi connectivity index (χ0v) is 13.4. The van der Waals surface area contributed by atoms with Gasteiger partial charge in [-0.3, -0.25) is 10.1 Å². The Morgan fingerprint density at radius 1 is 1.17 bits per heavy atom. The lowest BCUT2D eigenvalue weighted by atomic mass is 10.2. The van der Waals surface area contributed by atoms with Crippen molar-refractivity contribution in [2.75, 3.05) is 10.6 Å². The molecule has 0 unspecified atom stereocenters. The van der Waals surface area contributed by atoms with Gasteiger partial charge in [-0.15, -0.1) is 11.3 Å². The van der Waals surface area contributed by atoms with Gasteiger partial charge in [0.25, 0.3) is 0 Å². The number of rotatable bonds is 6. The monoisotopic (exact) mass is 330 g/mol. The molecule has 1 saturated carbocycles. The average molecular weight is 330 g/mol. The van der Waals surface area contributed by atoms with Crippen molar-refractivity contribution in [2.24, 2.45) is 0 Å². The topological polar surface area (TPSA) is 83.1 Å². The van der Waals surface area contributed by atoms with Crippen LogP contribution in [0.2, 0.25) is 0 Å². The van der Waals surface area contributed by atoms with Crippen LogP contribution in [0.25, 0.3) is 0 Å². The summed E-state index contributed by atoms with van der Waals surface area (Å²) in [5.41, 5.74) is 1.54. The van der Waals surface area contributed by atoms with Crippen LogP contribution >= 0.6 is 11.3 Å². The van der Waals surface area contributed by atoms with Gasteiger partial charge in [0.2, 0.25) is 5.91 Å². The minimum Gasteiger partial charge on any atom is -0.353 e. The molecule has 0 bridgehead atoms. The maximum Gasteiger partial charge on any atom is 0.325 e. The number of hydrogen-bond acceptors (Lipinski definition) is 4. The molecule has 3 N–H and O–H groups in total. The molecule has 1 aromatic carbocycles. The lowest BCUT2D eigenvalue weighted by molar-refractivity contribution is -0.121. The van der Waals surface area contributed by atoms with Crippen molar-refractivity contribution in [3.8, 4) is 0 Å². The average Bonchev–Trinajstić information content (AvgIpc) is 3.23. The van der Waals surface area contributed by atoms with E-state index in [0.29, 0.717) is 24.0 Å². The summed E-state index contributed by atoms with van der Waals surface area (Å²) in [5.74, 6) is 0.0665. The number of urea groups is 1. The van der Waals surface area contributed by atoms with Crippen molar-refractivity contribution in [3.63, 3.8) is 0 Å². The quantitative estimate of drug-likeness (QED) is 0.761. The molecular formula is C16H18N4O2S. The Balaban J connectivity index is 1.44. The Morgan fingerprint density at radius 2 is 1.96 bits per heavy atom. The minimum atomic E-state index is -0.330. The van der Waals surface area contributed by atoms with E-state index < -0.39 is 0 Å². The van der Waals surface area contributed by atoms with Crippen molar-refractivity contribution >= 4 is 34.1 Å². The Kier molecular flexibility index (Phi) is 4.87. The molecule has 1 aliphatic carbocycles. The second-order valence-corrected chi connectivity index (χ2v) is 6.29. The number of aromatic nitrogens is 1. The Bertz CT molecular complexity index is 682. The third-order valence-corrected chi connectivity index (χ3v) is 4.16. The van der Waals surface area contributed by atoms with E-state index in [-0.39, 0.29) is 11.9 Å². The Morgan fingerprint density at radius 3 is 2.70 bits per heavy atom. The molecule has 6 nitrogen and oxygen atoms in total. The molecular weight excluding hydrogens is 312 g/mol. The van der Waals surface area contributed by atoms with Gasteiger partial charge in [-0.05, 0) is 31.4 Å². The molecule has 0 radical (unpaired) electrons. The summed E-state index contributed by atoms with van der Waals surface area (Å²) in [4.78, 5) is 27.8. The van der Waals surface area contributed by atoms with Crippen LogP contribution in [0.4, 0.5) is 15.6 Å². The predicted octanol–water partition coefficient (Wildman–Crippen LogP) is 3.00. The minimum absolute atomic E-state index is 0.0665. The highest BCUT2D eigenvalue weighted by Crippen LogP contribution is 2.20. The maximum atomic E-state index is 11.9. The van der Waals surface area contributed by atoms with E-state index in [0.717, 1.165) is 24.2 Å². The van der Waals surface area contributed by atoms with Crippen molar-refractivity contribution in [1.29, 1.82) is 0 Å². The van der Waals surface area contributed by atoms with Crippen LogP contribution in [-0.4, -0.2) is 23.0 Å². The van der Waals surface area contributed by atoms with Crippen LogP contribution in [-0.2, 0) is 11.2 Å². The number of carbonyl (C=O) groups is 2. The van der Waals surface area contributed by atoms with E-state index in [4.69, 9.17) is 0 Å². The Labute approximate surface area is 138 Å². The van der Waals surface area contributed by atoms with E-state index in [2.05, 4.69) is 20.9 Å². The van der Waals surface area contributed by atoms with Crippen LogP contribution < -0.4 is 16.0 Å². The predicted molar refractivity (Wildman–Crippen MR) is 90.7 cm³/mol. The highest BCUT2D eigenvalue weighted by molar-refractivity contribution is 7.13. The summed E-state index contributed by atoms with van der Waals surface area (Å²) in [6, 6.07) is 9.26. The summed E-state index contributed by atoms with van der Waals surface area (Å²) >= 11 is 1.35. The van der Waals surface area contributed by atoms with Crippen molar-refractivity contribution in [3.05, 3.63) is 41.4 Å². The molecule has 3 amide bonds. The molecule has 0 atom stereocenters. The molecule has 1 aliphatic rings. The summed E-state index contributed by atoms with van der Waals surface area (Å²) in [6.45, 7) is 0. The summed E-state index contributed by atoms with van der Waals surface area (Å²) in [5, 5.41) is 10.8. The highest BCUT2D eigenvalue weighted by atomic mass is 32.1. The first-order chi connectivity index (χ1) is 11.2. The second kappa shape index (κ2) is 7.23. The van der Waals surface area contributed by atoms with Crippen LogP contribution in [0.15, 0.2) is 35.7 Å². The first-order valence-electron chi connectivity index (χ1n) is 7.56. The Hall–Kier alpha value is -2.41. The number of para-hydroxylation sites is 1. The number of hydrogen-bond donors (Lipinski definition) is 3. The zero-order chi connectivity index (χ0) is 16.1. The first kappa shape index (κ1) is 15.5. The van der Waals surface area contributed by atoms with Gasteiger partial charge in [-0.1, -0.05) is 18.2 Å². The zero-order valence-electron chi connectivity index (χ0n) is 12.5. The number of aryl methyl sites for hydroxylation is 1. The normalized spacial score (nSPS) is 13.4. The number of anilines is 2. The van der Waals surface area contributed by atoms with E-state index in [9.17, 15) is 9.59 Å². The lowest BCUT2D eigenvalue weighted by Crippen LogP contribution is -2.25. The fourth-order valence-corrected chi connectivity index (χ4v) is 2.77. The molecule has 7 heteroatoms. The van der Waals surface area contributed by atoms with E-state index >= 15 is 0 Å². The number of thiazole rings is 1. The number of carbonyl (C=O) groups excluding carboxylic acids is 2. The van der Waals surface area contributed by atoms with Gasteiger partial charge in [0.1, 0.15) is 0 Å². The van der Waals surface area contributed by atoms with Gasteiger partial charge in [-0.2, -0.15) is 0 Å². The van der Waals surface area contributed by atoms with E-state index in [1.165, 1.54) is 11.3 Å². The third kappa shape index (κ3) is 5.07. The van der Waals surface area contributed by atoms with Gasteiger partial charge in [0.05, 0.1) is 5.69 Å². The molecule has 0 spiro atoms. The van der Waals surface area contributed by atoms with Crippen molar-refractivity contribution in [1.82, 2.24) is 10.3 Å². The molecule has 0 saturated heterocycles. The number of amides is 3. The molecule has 1 heterocycles. The molecule has 0 aliphatic heterocycles. The highest BCUT2D eigenvalue weighted by Gasteiger charge is 2.22. The molecule has 120 valence electrons. The van der Waals surface area contributed by atoms with E-state index in [1.807, 2.05) is 35.7 Å². The van der Waals surface area contributed by atoms with Crippen LogP contribution in [0.1, 0.15) is 25.0 Å². The van der Waals surface area contributed by atoms with Gasteiger partial charge in [0.15, 0.2) is 5.13 Å². The SMILES string of the molecule is O=C(CCc1csc(NC(=O)Nc2ccccc2)n1)NC1CC1. The number of benzene rings is 1. The van der Waals surface area contributed by atoms with Gasteiger partial charge < -0.3 is 10.6 Å². The van der Waals surface area contributed by atoms with Crippen LogP contribution in [0, 0.1) is 0 Å². The van der Waals surface area contributed by atoms with Crippen LogP contribution in [0.3, 0.4) is 0 Å². The fraction of sp³-hybridized carbons (Fsp3) is 0.312. The molecule has 3 rings (SSSR count). The first-order valence-corrected chi connectivity index (χ1v) is 8.44. The second-order valence-electron chi connectivity index (χ2n) is 5.43. The fourth-order valence-electron chi connectivity index (χ4n) is 2.03. The lowest BCUT2D eigenvalue weighted by Gasteiger charge is -2.04. The smallest absolute Gasteiger partial charge is 0.325 e. The molecule has 1 fully saturated rings. The van der Waals surface area contributed by atoms with Gasteiger partial charge in [-0.25, -0.2) is 9.78 Å². The van der Waals surface area contributed by atoms with Crippen molar-refractivity contribution < 1.29 is 9.59 Å². The van der Waals surface area contributed by atoms with Crippen LogP contribution in [0.5, 0.6) is 0 Å². The summed E-state index contributed by atoms with van der Waals surface area (Å²) < 4.78 is 0. The van der Waals surface area contributed by atoms with E-state index in [1.54, 1.807) is 0 Å². The largest absolute Gasteiger partial charge is 0.353 e. The third-order valence-electron chi connectivity index (χ3n) is 3.35. The standard InChI is InChI=1S/C16H18N4O2S/c21-14(17-12-6-7-12)9-8-13-10-23-16(19-13)20-15(22)18-11-4-2-1-3-5-11/h1-5,10,12H,6-9H2,(H,17,21)(H2,18,19,20,22). The molecule has 23 heavy (non-hydrogen) atoms. The number of nitrogens with one attached hydrogen (secondary N) is 3. The van der Waals surface area contributed by atoms with Crippen molar-refractivity contribution in [2.45, 2.75) is 31.7 Å². The number of nitrogens with zero attached hydrogens (tertiary/aromatic N) is 1.